The van der Waals surface area contributed by atoms with Crippen LogP contribution in [0.15, 0.2) is 115 Å². The van der Waals surface area contributed by atoms with Gasteiger partial charge in [0, 0.05) is 27.3 Å². The van der Waals surface area contributed by atoms with Crippen LogP contribution in [0.4, 0.5) is 5.95 Å². The van der Waals surface area contributed by atoms with Gasteiger partial charge in [0.1, 0.15) is 25.0 Å². The molecular weight excluding hydrogens is 815 g/mol. The number of anilines is 1. The van der Waals surface area contributed by atoms with E-state index in [1.54, 1.807) is 95.7 Å². The van der Waals surface area contributed by atoms with Crippen molar-refractivity contribution in [2.24, 2.45) is 0 Å². The van der Waals surface area contributed by atoms with Crippen molar-refractivity contribution in [1.29, 1.82) is 0 Å². The van der Waals surface area contributed by atoms with E-state index in [-0.39, 0.29) is 36.0 Å². The summed E-state index contributed by atoms with van der Waals surface area (Å²) in [5.74, 6) is -2.48. The van der Waals surface area contributed by atoms with E-state index in [4.69, 9.17) is 23.9 Å². The maximum atomic E-state index is 14.1. The van der Waals surface area contributed by atoms with Gasteiger partial charge < -0.3 is 23.5 Å². The highest BCUT2D eigenvalue weighted by Gasteiger charge is 2.41. The number of aromatic nitrogens is 3. The molecule has 1 aliphatic heterocycles. The van der Waals surface area contributed by atoms with Crippen LogP contribution in [0.2, 0.25) is 0 Å². The van der Waals surface area contributed by atoms with E-state index in [9.17, 15) is 19.2 Å². The van der Waals surface area contributed by atoms with Crippen molar-refractivity contribution in [2.75, 3.05) is 18.6 Å². The first kappa shape index (κ1) is 37.4. The molecule has 12 nitrogen and oxygen atoms in total. The van der Waals surface area contributed by atoms with Gasteiger partial charge in [-0.3, -0.25) is 9.59 Å². The van der Waals surface area contributed by atoms with Crippen LogP contribution in [-0.2, 0) is 14.2 Å². The number of fused-ring (bicyclic) bond motifs is 1. The van der Waals surface area contributed by atoms with Crippen molar-refractivity contribution in [2.45, 2.75) is 38.7 Å². The smallest absolute Gasteiger partial charge is 0.338 e. The third-order valence-corrected chi connectivity index (χ3v) is 9.94. The van der Waals surface area contributed by atoms with Crippen molar-refractivity contribution < 1.29 is 38.1 Å². The first-order chi connectivity index (χ1) is 26.6. The van der Waals surface area contributed by atoms with E-state index >= 15 is 0 Å². The number of carbonyl (C=O) groups excluding carboxylic acids is 4. The molecule has 0 aliphatic carbocycles. The summed E-state index contributed by atoms with van der Waals surface area (Å²) in [5.41, 5.74) is 3.51. The highest BCUT2D eigenvalue weighted by atomic mass is 127. The predicted octanol–water partition coefficient (Wildman–Crippen LogP) is 7.52. The lowest BCUT2D eigenvalue weighted by Gasteiger charge is -2.21. The zero-order valence-electron chi connectivity index (χ0n) is 30.0. The minimum atomic E-state index is -0.858. The standard InChI is InChI=1S/C42H35IN4O8/c1-25-14-18-29(19-15-25)40(50)53-24-33-32(55-41(51)30-20-16-26(2)17-21-30)22-34(54-33)46-23-31(43)35-36(46)44-42(45-37(35)52-3)47(38(48)27-10-6-4-7-11-27)39(49)28-12-8-5-9-13-28/h4-21,23,32-34H,22,24H2,1-3H3/t32?,33-,34-/m1/s1. The monoisotopic (exact) mass is 850 g/mol. The van der Waals surface area contributed by atoms with Crippen LogP contribution in [0, 0.1) is 17.4 Å². The zero-order valence-corrected chi connectivity index (χ0v) is 32.2. The Labute approximate surface area is 330 Å². The van der Waals surface area contributed by atoms with Crippen molar-refractivity contribution in [3.8, 4) is 5.88 Å². The summed E-state index contributed by atoms with van der Waals surface area (Å²) in [5, 5.41) is 0.511. The molecule has 3 heterocycles. The molecule has 278 valence electrons. The largest absolute Gasteiger partial charge is 0.480 e. The zero-order chi connectivity index (χ0) is 38.6. The molecule has 0 bridgehead atoms. The summed E-state index contributed by atoms with van der Waals surface area (Å²) < 4.78 is 26.4. The quantitative estimate of drug-likeness (QED) is 0.0773. The number of benzene rings is 4. The summed E-state index contributed by atoms with van der Waals surface area (Å²) in [6, 6.07) is 30.7. The average molecular weight is 851 g/mol. The molecule has 2 aromatic heterocycles. The van der Waals surface area contributed by atoms with Gasteiger partial charge in [0.05, 0.1) is 23.6 Å². The van der Waals surface area contributed by atoms with E-state index in [0.29, 0.717) is 25.7 Å². The highest BCUT2D eigenvalue weighted by molar-refractivity contribution is 14.1. The molecule has 4 aromatic carbocycles. The molecule has 2 amide bonds. The van der Waals surface area contributed by atoms with E-state index in [0.717, 1.165) is 16.0 Å². The predicted molar refractivity (Wildman–Crippen MR) is 211 cm³/mol. The van der Waals surface area contributed by atoms with Crippen molar-refractivity contribution in [3.63, 3.8) is 0 Å². The molecule has 7 rings (SSSR count). The van der Waals surface area contributed by atoms with Gasteiger partial charge in [-0.2, -0.15) is 9.97 Å². The number of hydrogen-bond acceptors (Lipinski definition) is 10. The van der Waals surface area contributed by atoms with Gasteiger partial charge >= 0.3 is 11.9 Å². The second kappa shape index (κ2) is 16.2. The molecule has 1 fully saturated rings. The van der Waals surface area contributed by atoms with Crippen LogP contribution in [0.3, 0.4) is 0 Å². The Kier molecular flexibility index (Phi) is 11.0. The van der Waals surface area contributed by atoms with Gasteiger partial charge in [0.25, 0.3) is 11.8 Å². The molecule has 1 unspecified atom stereocenters. The topological polar surface area (TPSA) is 139 Å². The fourth-order valence-corrected chi connectivity index (χ4v) is 6.97. The van der Waals surface area contributed by atoms with E-state index in [1.165, 1.54) is 7.11 Å². The number of imide groups is 1. The summed E-state index contributed by atoms with van der Waals surface area (Å²) >= 11 is 2.12. The maximum Gasteiger partial charge on any atom is 0.338 e. The molecule has 13 heteroatoms. The molecule has 0 spiro atoms. The molecule has 1 saturated heterocycles. The normalized spacial score (nSPS) is 16.4. The number of hydrogen-bond donors (Lipinski definition) is 0. The first-order valence-corrected chi connectivity index (χ1v) is 18.5. The van der Waals surface area contributed by atoms with Gasteiger partial charge in [-0.25, -0.2) is 14.5 Å². The first-order valence-electron chi connectivity index (χ1n) is 17.4. The Hall–Kier alpha value is -5.93. The van der Waals surface area contributed by atoms with Gasteiger partial charge in [0.15, 0.2) is 5.65 Å². The molecule has 6 aromatic rings. The molecule has 0 N–H and O–H groups in total. The number of nitrogens with zero attached hydrogens (tertiary/aromatic N) is 4. The van der Waals surface area contributed by atoms with Gasteiger partial charge in [-0.15, -0.1) is 0 Å². The highest BCUT2D eigenvalue weighted by Crippen LogP contribution is 2.39. The molecule has 1 aliphatic rings. The Balaban J connectivity index is 1.26. The SMILES string of the molecule is COc1nc(N(C(=O)c2ccccc2)C(=O)c2ccccc2)nc2c1c(I)cn2[C@H]1CC(OC(=O)c2ccc(C)cc2)[C@@H](COC(=O)c2ccc(C)cc2)O1. The molecular formula is C42H35IN4O8. The Bertz CT molecular complexity index is 2320. The average Bonchev–Trinajstić information content (AvgIpc) is 3.77. The number of rotatable bonds is 10. The second-order valence-corrected chi connectivity index (χ2v) is 14.1. The van der Waals surface area contributed by atoms with E-state index in [2.05, 4.69) is 27.6 Å². The van der Waals surface area contributed by atoms with Gasteiger partial charge in [0.2, 0.25) is 11.8 Å². The summed E-state index contributed by atoms with van der Waals surface area (Å²) in [6.07, 6.45) is -0.553. The van der Waals surface area contributed by atoms with Crippen LogP contribution in [0.1, 0.15) is 65.2 Å². The number of ether oxygens (including phenoxy) is 4. The number of halogens is 1. The summed E-state index contributed by atoms with van der Waals surface area (Å²) in [4.78, 5) is 64.9. The lowest BCUT2D eigenvalue weighted by Crippen LogP contribution is -2.38. The summed E-state index contributed by atoms with van der Waals surface area (Å²) in [7, 11) is 1.44. The minimum Gasteiger partial charge on any atom is -0.480 e. The molecule has 0 saturated carbocycles. The third kappa shape index (κ3) is 7.98. The Morgan fingerprint density at radius 3 is 1.85 bits per heavy atom. The van der Waals surface area contributed by atoms with E-state index < -0.39 is 42.2 Å². The van der Waals surface area contributed by atoms with Crippen LogP contribution in [0.5, 0.6) is 5.88 Å². The van der Waals surface area contributed by atoms with Crippen LogP contribution in [-0.4, -0.2) is 64.2 Å². The van der Waals surface area contributed by atoms with Crippen LogP contribution >= 0.6 is 22.6 Å². The fourth-order valence-electron chi connectivity index (χ4n) is 6.19. The van der Waals surface area contributed by atoms with Crippen molar-refractivity contribution in [1.82, 2.24) is 14.5 Å². The van der Waals surface area contributed by atoms with Gasteiger partial charge in [-0.1, -0.05) is 71.8 Å². The van der Waals surface area contributed by atoms with Crippen LogP contribution < -0.4 is 9.64 Å². The van der Waals surface area contributed by atoms with Gasteiger partial charge in [-0.05, 0) is 85.0 Å². The number of amides is 2. The van der Waals surface area contributed by atoms with Crippen LogP contribution in [0.25, 0.3) is 11.0 Å². The lowest BCUT2D eigenvalue weighted by molar-refractivity contribution is -0.0562. The van der Waals surface area contributed by atoms with E-state index in [1.807, 2.05) is 38.1 Å². The number of methoxy groups -OCH3 is 1. The minimum absolute atomic E-state index is 0.124. The third-order valence-electron chi connectivity index (χ3n) is 9.12. The molecule has 0 radical (unpaired) electrons. The second-order valence-electron chi connectivity index (χ2n) is 12.9. The molecule has 3 atom stereocenters. The lowest BCUT2D eigenvalue weighted by atomic mass is 10.1. The van der Waals surface area contributed by atoms with Crippen molar-refractivity contribution >= 4 is 63.3 Å². The number of esters is 2. The maximum absolute atomic E-state index is 14.1. The Morgan fingerprint density at radius 2 is 1.31 bits per heavy atom. The fraction of sp³-hybridized carbons (Fsp3) is 0.190. The summed E-state index contributed by atoms with van der Waals surface area (Å²) in [6.45, 7) is 3.63. The van der Waals surface area contributed by atoms with Crippen molar-refractivity contribution in [3.05, 3.63) is 152 Å². The Morgan fingerprint density at radius 1 is 0.764 bits per heavy atom. The number of carbonyl (C=O) groups is 4. The molecule has 55 heavy (non-hydrogen) atoms. The number of aryl methyl sites for hydroxylation is 2.